The second kappa shape index (κ2) is 10.7. The standard InChI is InChI=1S/C17H27N3O2.HI/c1-3-18-17(20(2)12-15-8-10-22-13-15)19-9-7-14-5-4-6-16(21)11-14;/h4-6,11,15,21H,3,7-10,12-13H2,1-2H3,(H,18,19);1H. The number of nitrogens with zero attached hydrogens (tertiary/aromatic N) is 2. The Morgan fingerprint density at radius 3 is 2.96 bits per heavy atom. The molecule has 1 saturated heterocycles. The van der Waals surface area contributed by atoms with Gasteiger partial charge in [0.15, 0.2) is 5.96 Å². The molecular weight excluding hydrogens is 405 g/mol. The van der Waals surface area contributed by atoms with E-state index in [-0.39, 0.29) is 24.0 Å². The smallest absolute Gasteiger partial charge is 0.193 e. The Kier molecular flexibility index (Phi) is 9.31. The third kappa shape index (κ3) is 6.95. The fourth-order valence-electron chi connectivity index (χ4n) is 2.67. The van der Waals surface area contributed by atoms with Crippen molar-refractivity contribution in [3.8, 4) is 5.75 Å². The summed E-state index contributed by atoms with van der Waals surface area (Å²) in [7, 11) is 2.08. The molecule has 130 valence electrons. The van der Waals surface area contributed by atoms with Crippen molar-refractivity contribution in [2.45, 2.75) is 19.8 Å². The topological polar surface area (TPSA) is 57.1 Å². The van der Waals surface area contributed by atoms with Crippen LogP contribution in [0.4, 0.5) is 0 Å². The Hall–Kier alpha value is -1.02. The van der Waals surface area contributed by atoms with Crippen LogP contribution in [-0.4, -0.2) is 55.9 Å². The van der Waals surface area contributed by atoms with Gasteiger partial charge >= 0.3 is 0 Å². The maximum Gasteiger partial charge on any atom is 0.193 e. The lowest BCUT2D eigenvalue weighted by Gasteiger charge is -2.24. The first-order valence-corrected chi connectivity index (χ1v) is 8.04. The molecule has 0 aliphatic carbocycles. The summed E-state index contributed by atoms with van der Waals surface area (Å²) in [4.78, 5) is 6.88. The third-order valence-corrected chi connectivity index (χ3v) is 3.83. The first-order valence-electron chi connectivity index (χ1n) is 8.04. The molecule has 23 heavy (non-hydrogen) atoms. The van der Waals surface area contributed by atoms with Crippen LogP contribution >= 0.6 is 24.0 Å². The van der Waals surface area contributed by atoms with Crippen LogP contribution in [0.3, 0.4) is 0 Å². The van der Waals surface area contributed by atoms with Gasteiger partial charge < -0.3 is 20.1 Å². The number of aromatic hydroxyl groups is 1. The molecule has 1 fully saturated rings. The number of halogens is 1. The van der Waals surface area contributed by atoms with Crippen molar-refractivity contribution in [1.29, 1.82) is 0 Å². The maximum absolute atomic E-state index is 9.49. The van der Waals surface area contributed by atoms with Gasteiger partial charge in [0.1, 0.15) is 5.75 Å². The maximum atomic E-state index is 9.49. The lowest BCUT2D eigenvalue weighted by molar-refractivity contribution is 0.181. The van der Waals surface area contributed by atoms with Crippen molar-refractivity contribution in [2.75, 3.05) is 39.9 Å². The van der Waals surface area contributed by atoms with Crippen LogP contribution < -0.4 is 5.32 Å². The van der Waals surface area contributed by atoms with Gasteiger partial charge in [-0.15, -0.1) is 24.0 Å². The molecule has 0 saturated carbocycles. The summed E-state index contributed by atoms with van der Waals surface area (Å²) in [6.45, 7) is 6.35. The molecule has 0 spiro atoms. The fraction of sp³-hybridized carbons (Fsp3) is 0.588. The predicted molar refractivity (Wildman–Crippen MR) is 105 cm³/mol. The van der Waals surface area contributed by atoms with Gasteiger partial charge in [0.2, 0.25) is 0 Å². The van der Waals surface area contributed by atoms with Crippen molar-refractivity contribution < 1.29 is 9.84 Å². The van der Waals surface area contributed by atoms with Crippen LogP contribution in [0.1, 0.15) is 18.9 Å². The number of phenols is 1. The highest BCUT2D eigenvalue weighted by atomic mass is 127. The monoisotopic (exact) mass is 433 g/mol. The highest BCUT2D eigenvalue weighted by Crippen LogP contribution is 2.13. The number of ether oxygens (including phenoxy) is 1. The molecule has 0 radical (unpaired) electrons. The zero-order valence-corrected chi connectivity index (χ0v) is 16.3. The Balaban J connectivity index is 0.00000264. The van der Waals surface area contributed by atoms with Crippen molar-refractivity contribution in [1.82, 2.24) is 10.2 Å². The zero-order valence-electron chi connectivity index (χ0n) is 14.0. The molecule has 1 heterocycles. The highest BCUT2D eigenvalue weighted by Gasteiger charge is 2.18. The number of rotatable bonds is 6. The Bertz CT molecular complexity index is 490. The molecule has 0 bridgehead atoms. The summed E-state index contributed by atoms with van der Waals surface area (Å²) in [5, 5.41) is 12.8. The average Bonchev–Trinajstić information content (AvgIpc) is 2.99. The molecular formula is C17H28IN3O2. The van der Waals surface area contributed by atoms with E-state index in [1.54, 1.807) is 12.1 Å². The second-order valence-corrected chi connectivity index (χ2v) is 5.77. The van der Waals surface area contributed by atoms with E-state index in [0.717, 1.165) is 50.7 Å². The molecule has 2 N–H and O–H groups in total. The molecule has 0 aromatic heterocycles. The van der Waals surface area contributed by atoms with Crippen LogP contribution in [-0.2, 0) is 11.2 Å². The second-order valence-electron chi connectivity index (χ2n) is 5.77. The Labute approximate surface area is 156 Å². The van der Waals surface area contributed by atoms with Crippen LogP contribution in [0.25, 0.3) is 0 Å². The van der Waals surface area contributed by atoms with Crippen LogP contribution in [0, 0.1) is 5.92 Å². The summed E-state index contributed by atoms with van der Waals surface area (Å²) < 4.78 is 5.44. The summed E-state index contributed by atoms with van der Waals surface area (Å²) in [6.07, 6.45) is 1.96. The predicted octanol–water partition coefficient (Wildman–Crippen LogP) is 2.49. The normalized spacial score (nSPS) is 17.7. The summed E-state index contributed by atoms with van der Waals surface area (Å²) in [5.74, 6) is 1.85. The molecule has 5 nitrogen and oxygen atoms in total. The molecule has 6 heteroatoms. The Morgan fingerprint density at radius 1 is 1.48 bits per heavy atom. The SMILES string of the molecule is CCNC(=NCCc1cccc(O)c1)N(C)CC1CCOC1.I. The molecule has 2 rings (SSSR count). The van der Waals surface area contributed by atoms with E-state index in [2.05, 4.69) is 29.2 Å². The molecule has 0 amide bonds. The summed E-state index contributed by atoms with van der Waals surface area (Å²) >= 11 is 0. The van der Waals surface area contributed by atoms with Crippen LogP contribution in [0.5, 0.6) is 5.75 Å². The van der Waals surface area contributed by atoms with Gasteiger partial charge in [-0.2, -0.15) is 0 Å². The van der Waals surface area contributed by atoms with E-state index in [1.165, 1.54) is 0 Å². The van der Waals surface area contributed by atoms with Gasteiger partial charge in [-0.3, -0.25) is 4.99 Å². The lowest BCUT2D eigenvalue weighted by Crippen LogP contribution is -2.41. The molecule has 1 unspecified atom stereocenters. The molecule has 1 aliphatic heterocycles. The van der Waals surface area contributed by atoms with E-state index in [9.17, 15) is 5.11 Å². The van der Waals surface area contributed by atoms with Crippen molar-refractivity contribution in [3.63, 3.8) is 0 Å². The van der Waals surface area contributed by atoms with Crippen molar-refractivity contribution >= 4 is 29.9 Å². The van der Waals surface area contributed by atoms with Crippen molar-refractivity contribution in [2.24, 2.45) is 10.9 Å². The number of guanidine groups is 1. The van der Waals surface area contributed by atoms with Gasteiger partial charge in [0.25, 0.3) is 0 Å². The van der Waals surface area contributed by atoms with E-state index in [1.807, 2.05) is 12.1 Å². The van der Waals surface area contributed by atoms with Crippen LogP contribution in [0.2, 0.25) is 0 Å². The number of nitrogens with one attached hydrogen (secondary N) is 1. The number of hydrogen-bond donors (Lipinski definition) is 2. The number of hydrogen-bond acceptors (Lipinski definition) is 3. The van der Waals surface area contributed by atoms with Gasteiger partial charge in [0, 0.05) is 39.2 Å². The average molecular weight is 433 g/mol. The van der Waals surface area contributed by atoms with Crippen LogP contribution in [0.15, 0.2) is 29.3 Å². The third-order valence-electron chi connectivity index (χ3n) is 3.83. The van der Waals surface area contributed by atoms with Gasteiger partial charge in [0.05, 0.1) is 6.61 Å². The molecule has 1 aliphatic rings. The minimum Gasteiger partial charge on any atom is -0.508 e. The first-order chi connectivity index (χ1) is 10.7. The van der Waals surface area contributed by atoms with Crippen molar-refractivity contribution in [3.05, 3.63) is 29.8 Å². The number of benzene rings is 1. The number of phenolic OH excluding ortho intramolecular Hbond substituents is 1. The largest absolute Gasteiger partial charge is 0.508 e. The first kappa shape index (κ1) is 20.0. The Morgan fingerprint density at radius 2 is 2.30 bits per heavy atom. The highest BCUT2D eigenvalue weighted by molar-refractivity contribution is 14.0. The molecule has 1 aromatic carbocycles. The lowest BCUT2D eigenvalue weighted by atomic mass is 10.1. The van der Waals surface area contributed by atoms with E-state index >= 15 is 0 Å². The van der Waals surface area contributed by atoms with Gasteiger partial charge in [-0.1, -0.05) is 12.1 Å². The fourth-order valence-corrected chi connectivity index (χ4v) is 2.67. The summed E-state index contributed by atoms with van der Waals surface area (Å²) in [6, 6.07) is 7.36. The number of aliphatic imine (C=N–C) groups is 1. The minimum atomic E-state index is 0. The van der Waals surface area contributed by atoms with E-state index < -0.39 is 0 Å². The quantitative estimate of drug-likeness (QED) is 0.411. The van der Waals surface area contributed by atoms with E-state index in [4.69, 9.17) is 4.74 Å². The molecule has 1 atom stereocenters. The van der Waals surface area contributed by atoms with Gasteiger partial charge in [-0.25, -0.2) is 0 Å². The minimum absolute atomic E-state index is 0. The summed E-state index contributed by atoms with van der Waals surface area (Å²) in [5.41, 5.74) is 1.10. The van der Waals surface area contributed by atoms with E-state index in [0.29, 0.717) is 18.2 Å². The van der Waals surface area contributed by atoms with Gasteiger partial charge in [-0.05, 0) is 37.5 Å². The molecule has 1 aromatic rings. The zero-order chi connectivity index (χ0) is 15.8.